The first-order chi connectivity index (χ1) is 9.74. The van der Waals surface area contributed by atoms with Gasteiger partial charge in [0.05, 0.1) is 11.3 Å². The monoisotopic (exact) mass is 263 g/mol. The number of carbonyl (C=O) groups excluding carboxylic acids is 1. The van der Waals surface area contributed by atoms with E-state index in [0.29, 0.717) is 11.3 Å². The van der Waals surface area contributed by atoms with Crippen LogP contribution >= 0.6 is 0 Å². The summed E-state index contributed by atoms with van der Waals surface area (Å²) in [6.07, 6.45) is 3.57. The molecule has 0 aliphatic carbocycles. The van der Waals surface area contributed by atoms with E-state index >= 15 is 0 Å². The van der Waals surface area contributed by atoms with Crippen LogP contribution in [0.25, 0.3) is 10.8 Å². The van der Waals surface area contributed by atoms with E-state index in [1.54, 1.807) is 24.5 Å². The number of primary amides is 1. The van der Waals surface area contributed by atoms with Crippen LogP contribution in [0.4, 0.5) is 11.4 Å². The van der Waals surface area contributed by atoms with Gasteiger partial charge in [-0.1, -0.05) is 18.2 Å². The van der Waals surface area contributed by atoms with E-state index in [4.69, 9.17) is 5.73 Å². The minimum Gasteiger partial charge on any atom is -0.366 e. The first-order valence-electron chi connectivity index (χ1n) is 6.24. The Kier molecular flexibility index (Phi) is 3.05. The summed E-state index contributed by atoms with van der Waals surface area (Å²) in [6, 6.07) is 15.1. The molecule has 0 saturated heterocycles. The summed E-state index contributed by atoms with van der Waals surface area (Å²) < 4.78 is 0. The highest BCUT2D eigenvalue weighted by molar-refractivity contribution is 5.99. The van der Waals surface area contributed by atoms with Crippen LogP contribution in [0.3, 0.4) is 0 Å². The van der Waals surface area contributed by atoms with Gasteiger partial charge in [-0.3, -0.25) is 9.78 Å². The Bertz CT molecular complexity index is 783. The van der Waals surface area contributed by atoms with Gasteiger partial charge in [0.15, 0.2) is 0 Å². The number of rotatable bonds is 3. The zero-order valence-electron chi connectivity index (χ0n) is 10.7. The van der Waals surface area contributed by atoms with Crippen molar-refractivity contribution < 1.29 is 4.79 Å². The summed E-state index contributed by atoms with van der Waals surface area (Å²) in [4.78, 5) is 15.5. The Morgan fingerprint density at radius 2 is 1.90 bits per heavy atom. The molecule has 4 nitrogen and oxygen atoms in total. The zero-order valence-corrected chi connectivity index (χ0v) is 10.7. The fourth-order valence-corrected chi connectivity index (χ4v) is 2.13. The topological polar surface area (TPSA) is 68.0 Å². The second-order valence-electron chi connectivity index (χ2n) is 4.47. The lowest BCUT2D eigenvalue weighted by Crippen LogP contribution is -2.13. The van der Waals surface area contributed by atoms with Gasteiger partial charge < -0.3 is 11.1 Å². The van der Waals surface area contributed by atoms with Crippen molar-refractivity contribution in [1.29, 1.82) is 0 Å². The minimum atomic E-state index is -0.449. The van der Waals surface area contributed by atoms with Crippen LogP contribution in [0.15, 0.2) is 60.9 Å². The molecule has 2 aromatic carbocycles. The quantitative estimate of drug-likeness (QED) is 0.763. The molecular weight excluding hydrogens is 250 g/mol. The van der Waals surface area contributed by atoms with Gasteiger partial charge in [-0.05, 0) is 35.7 Å². The number of hydrogen-bond donors (Lipinski definition) is 2. The Balaban J connectivity index is 1.99. The fourth-order valence-electron chi connectivity index (χ4n) is 2.13. The van der Waals surface area contributed by atoms with E-state index in [0.717, 1.165) is 16.5 Å². The van der Waals surface area contributed by atoms with E-state index in [9.17, 15) is 4.79 Å². The average Bonchev–Trinajstić information content (AvgIpc) is 2.47. The molecule has 1 amide bonds. The van der Waals surface area contributed by atoms with Crippen molar-refractivity contribution in [2.75, 3.05) is 5.32 Å². The average molecular weight is 263 g/mol. The largest absolute Gasteiger partial charge is 0.366 e. The summed E-state index contributed by atoms with van der Waals surface area (Å²) >= 11 is 0. The standard InChI is InChI=1S/C16H13N3O/c17-16(20)14-3-1-2-4-15(14)19-13-6-5-11-7-8-18-10-12(11)9-13/h1-10,19H,(H2,17,20). The molecule has 0 fully saturated rings. The number of benzene rings is 2. The molecule has 0 aliphatic rings. The van der Waals surface area contributed by atoms with Gasteiger partial charge >= 0.3 is 0 Å². The van der Waals surface area contributed by atoms with Crippen LogP contribution in [0.2, 0.25) is 0 Å². The van der Waals surface area contributed by atoms with Crippen LogP contribution in [-0.4, -0.2) is 10.9 Å². The summed E-state index contributed by atoms with van der Waals surface area (Å²) in [6.45, 7) is 0. The number of para-hydroxylation sites is 1. The number of nitrogens with two attached hydrogens (primary N) is 1. The highest BCUT2D eigenvalue weighted by Gasteiger charge is 2.07. The summed E-state index contributed by atoms with van der Waals surface area (Å²) in [5.41, 5.74) is 7.43. The summed E-state index contributed by atoms with van der Waals surface area (Å²) in [5.74, 6) is -0.449. The molecule has 3 rings (SSSR count). The van der Waals surface area contributed by atoms with Crippen molar-refractivity contribution in [3.63, 3.8) is 0 Å². The van der Waals surface area contributed by atoms with Gasteiger partial charge in [0, 0.05) is 23.5 Å². The van der Waals surface area contributed by atoms with Crippen molar-refractivity contribution in [1.82, 2.24) is 4.98 Å². The molecule has 0 unspecified atom stereocenters. The molecule has 0 radical (unpaired) electrons. The molecule has 20 heavy (non-hydrogen) atoms. The number of amides is 1. The second-order valence-corrected chi connectivity index (χ2v) is 4.47. The van der Waals surface area contributed by atoms with E-state index in [1.165, 1.54) is 0 Å². The summed E-state index contributed by atoms with van der Waals surface area (Å²) in [5, 5.41) is 5.37. The lowest BCUT2D eigenvalue weighted by Gasteiger charge is -2.10. The predicted octanol–water partition coefficient (Wildman–Crippen LogP) is 3.08. The zero-order chi connectivity index (χ0) is 13.9. The Morgan fingerprint density at radius 1 is 1.05 bits per heavy atom. The first-order valence-corrected chi connectivity index (χ1v) is 6.24. The van der Waals surface area contributed by atoms with Gasteiger partial charge in [0.2, 0.25) is 0 Å². The van der Waals surface area contributed by atoms with Crippen molar-refractivity contribution in [2.45, 2.75) is 0 Å². The molecule has 0 saturated carbocycles. The van der Waals surface area contributed by atoms with Gasteiger partial charge in [0.25, 0.3) is 5.91 Å². The van der Waals surface area contributed by atoms with E-state index in [2.05, 4.69) is 10.3 Å². The number of aromatic nitrogens is 1. The Labute approximate surface area is 116 Å². The van der Waals surface area contributed by atoms with E-state index in [1.807, 2.05) is 36.4 Å². The third-order valence-electron chi connectivity index (χ3n) is 3.11. The normalized spacial score (nSPS) is 10.4. The van der Waals surface area contributed by atoms with Crippen LogP contribution in [0, 0.1) is 0 Å². The third-order valence-corrected chi connectivity index (χ3v) is 3.11. The molecule has 0 bridgehead atoms. The van der Waals surface area contributed by atoms with Crippen molar-refractivity contribution in [2.24, 2.45) is 5.73 Å². The number of nitrogens with zero attached hydrogens (tertiary/aromatic N) is 1. The smallest absolute Gasteiger partial charge is 0.250 e. The lowest BCUT2D eigenvalue weighted by molar-refractivity contribution is 0.100. The number of carbonyl (C=O) groups is 1. The molecule has 3 N–H and O–H groups in total. The fraction of sp³-hybridized carbons (Fsp3) is 0. The third kappa shape index (κ3) is 2.31. The number of hydrogen-bond acceptors (Lipinski definition) is 3. The van der Waals surface area contributed by atoms with E-state index < -0.39 is 5.91 Å². The predicted molar refractivity (Wildman–Crippen MR) is 80.0 cm³/mol. The number of fused-ring (bicyclic) bond motifs is 1. The first kappa shape index (κ1) is 12.2. The van der Waals surface area contributed by atoms with Crippen molar-refractivity contribution in [3.8, 4) is 0 Å². The molecule has 0 aliphatic heterocycles. The highest BCUT2D eigenvalue weighted by atomic mass is 16.1. The Hall–Kier alpha value is -2.88. The molecule has 0 spiro atoms. The SMILES string of the molecule is NC(=O)c1ccccc1Nc1ccc2ccncc2c1. The van der Waals surface area contributed by atoms with Crippen LogP contribution in [0.5, 0.6) is 0 Å². The van der Waals surface area contributed by atoms with Gasteiger partial charge in [0.1, 0.15) is 0 Å². The lowest BCUT2D eigenvalue weighted by atomic mass is 10.1. The maximum absolute atomic E-state index is 11.4. The highest BCUT2D eigenvalue weighted by Crippen LogP contribution is 2.23. The molecule has 4 heteroatoms. The van der Waals surface area contributed by atoms with Gasteiger partial charge in [-0.15, -0.1) is 0 Å². The van der Waals surface area contributed by atoms with Crippen LogP contribution < -0.4 is 11.1 Å². The van der Waals surface area contributed by atoms with Gasteiger partial charge in [-0.25, -0.2) is 0 Å². The molecular formula is C16H13N3O. The molecule has 0 atom stereocenters. The van der Waals surface area contributed by atoms with E-state index in [-0.39, 0.29) is 0 Å². The minimum absolute atomic E-state index is 0.449. The van der Waals surface area contributed by atoms with Crippen molar-refractivity contribution in [3.05, 3.63) is 66.5 Å². The van der Waals surface area contributed by atoms with Crippen LogP contribution in [0.1, 0.15) is 10.4 Å². The maximum Gasteiger partial charge on any atom is 0.250 e. The second kappa shape index (κ2) is 5.01. The maximum atomic E-state index is 11.4. The number of pyridine rings is 1. The summed E-state index contributed by atoms with van der Waals surface area (Å²) in [7, 11) is 0. The number of nitrogens with one attached hydrogen (secondary N) is 1. The van der Waals surface area contributed by atoms with Gasteiger partial charge in [-0.2, -0.15) is 0 Å². The molecule has 1 heterocycles. The Morgan fingerprint density at radius 3 is 2.75 bits per heavy atom. The molecule has 3 aromatic rings. The molecule has 1 aromatic heterocycles. The van der Waals surface area contributed by atoms with Crippen molar-refractivity contribution >= 4 is 28.1 Å². The molecule has 98 valence electrons. The number of anilines is 2. The van der Waals surface area contributed by atoms with Crippen LogP contribution in [-0.2, 0) is 0 Å².